The highest BCUT2D eigenvalue weighted by atomic mass is 127. The molecule has 0 amide bonds. The third kappa shape index (κ3) is 3.57. The molecule has 5 heteroatoms. The summed E-state index contributed by atoms with van der Waals surface area (Å²) in [6.07, 6.45) is 0. The molecule has 0 radical (unpaired) electrons. The van der Waals surface area contributed by atoms with Gasteiger partial charge in [-0.1, -0.05) is 36.4 Å². The third-order valence-electron chi connectivity index (χ3n) is 2.59. The molecule has 0 aromatic carbocycles. The van der Waals surface area contributed by atoms with Gasteiger partial charge in [-0.3, -0.25) is 0 Å². The summed E-state index contributed by atoms with van der Waals surface area (Å²) >= 11 is 2.27. The van der Waals surface area contributed by atoms with Crippen molar-refractivity contribution in [3.63, 3.8) is 0 Å². The standard InChI is InChI=1S/C13H20IN3O/c1-8(2)10-7-11(18-6-5-14)17-13(16-4)12(10)9(3)15/h7-8,15H,5-6H2,1-4H3,(H,16,17). The quantitative estimate of drug-likeness (QED) is 0.464. The summed E-state index contributed by atoms with van der Waals surface area (Å²) in [5.41, 5.74) is 2.51. The number of nitrogens with zero attached hydrogens (tertiary/aromatic N) is 1. The minimum Gasteiger partial charge on any atom is -0.477 e. The Kier molecular flexibility index (Phi) is 5.84. The molecule has 1 aromatic heterocycles. The molecule has 18 heavy (non-hydrogen) atoms. The van der Waals surface area contributed by atoms with Gasteiger partial charge < -0.3 is 15.5 Å². The van der Waals surface area contributed by atoms with Crippen molar-refractivity contribution in [2.45, 2.75) is 26.7 Å². The Morgan fingerprint density at radius 3 is 2.67 bits per heavy atom. The molecule has 0 aliphatic carbocycles. The zero-order valence-corrected chi connectivity index (χ0v) is 13.5. The topological polar surface area (TPSA) is 58.0 Å². The molecule has 0 saturated heterocycles. The van der Waals surface area contributed by atoms with Crippen LogP contribution >= 0.6 is 22.6 Å². The van der Waals surface area contributed by atoms with Gasteiger partial charge in [-0.15, -0.1) is 0 Å². The summed E-state index contributed by atoms with van der Waals surface area (Å²) in [6.45, 7) is 6.67. The molecule has 0 aliphatic heterocycles. The van der Waals surface area contributed by atoms with Gasteiger partial charge in [0.05, 0.1) is 6.61 Å². The number of halogens is 1. The Morgan fingerprint density at radius 2 is 2.22 bits per heavy atom. The van der Waals surface area contributed by atoms with Gasteiger partial charge >= 0.3 is 0 Å². The van der Waals surface area contributed by atoms with Crippen LogP contribution in [-0.2, 0) is 0 Å². The number of anilines is 1. The van der Waals surface area contributed by atoms with Crippen molar-refractivity contribution in [1.82, 2.24) is 4.98 Å². The number of nitrogens with one attached hydrogen (secondary N) is 2. The second-order valence-corrected chi connectivity index (χ2v) is 5.42. The molecule has 0 unspecified atom stereocenters. The second kappa shape index (κ2) is 6.92. The van der Waals surface area contributed by atoms with E-state index in [0.717, 1.165) is 21.4 Å². The van der Waals surface area contributed by atoms with Crippen LogP contribution in [-0.4, -0.2) is 28.8 Å². The maximum atomic E-state index is 7.90. The Bertz CT molecular complexity index is 432. The van der Waals surface area contributed by atoms with Gasteiger partial charge in [0.2, 0.25) is 5.88 Å². The average Bonchev–Trinajstić information content (AvgIpc) is 2.34. The predicted molar refractivity (Wildman–Crippen MR) is 84.8 cm³/mol. The van der Waals surface area contributed by atoms with Crippen molar-refractivity contribution in [3.05, 3.63) is 17.2 Å². The molecule has 0 fully saturated rings. The van der Waals surface area contributed by atoms with Gasteiger partial charge in [0, 0.05) is 28.8 Å². The lowest BCUT2D eigenvalue weighted by molar-refractivity contribution is 0.332. The molecular formula is C13H20IN3O. The van der Waals surface area contributed by atoms with Crippen molar-refractivity contribution in [2.75, 3.05) is 23.4 Å². The van der Waals surface area contributed by atoms with Gasteiger partial charge in [0.1, 0.15) is 5.82 Å². The lowest BCUT2D eigenvalue weighted by Crippen LogP contribution is -2.11. The maximum absolute atomic E-state index is 7.90. The Labute approximate surface area is 122 Å². The van der Waals surface area contributed by atoms with Crippen molar-refractivity contribution in [2.24, 2.45) is 0 Å². The monoisotopic (exact) mass is 361 g/mol. The van der Waals surface area contributed by atoms with Crippen molar-refractivity contribution < 1.29 is 4.74 Å². The summed E-state index contributed by atoms with van der Waals surface area (Å²) in [4.78, 5) is 4.42. The fourth-order valence-corrected chi connectivity index (χ4v) is 2.01. The molecule has 4 nitrogen and oxygen atoms in total. The van der Waals surface area contributed by atoms with Gasteiger partial charge in [-0.05, 0) is 18.4 Å². The van der Waals surface area contributed by atoms with Gasteiger partial charge in [-0.2, -0.15) is 4.98 Å². The highest BCUT2D eigenvalue weighted by Crippen LogP contribution is 2.29. The summed E-state index contributed by atoms with van der Waals surface area (Å²) in [5.74, 6) is 1.68. The minimum absolute atomic E-state index is 0.331. The van der Waals surface area contributed by atoms with Crippen LogP contribution in [0.3, 0.4) is 0 Å². The van der Waals surface area contributed by atoms with Crippen LogP contribution in [0, 0.1) is 5.41 Å². The van der Waals surface area contributed by atoms with E-state index in [9.17, 15) is 0 Å². The number of ether oxygens (including phenoxy) is 1. The third-order valence-corrected chi connectivity index (χ3v) is 3.03. The maximum Gasteiger partial charge on any atom is 0.215 e. The minimum atomic E-state index is 0.331. The predicted octanol–water partition coefficient (Wildman–Crippen LogP) is 3.45. The molecule has 0 bridgehead atoms. The Balaban J connectivity index is 3.29. The largest absolute Gasteiger partial charge is 0.477 e. The lowest BCUT2D eigenvalue weighted by Gasteiger charge is -2.17. The molecule has 0 spiro atoms. The van der Waals surface area contributed by atoms with Gasteiger partial charge in [0.15, 0.2) is 0 Å². The average molecular weight is 361 g/mol. The van der Waals surface area contributed by atoms with Crippen LogP contribution in [0.15, 0.2) is 6.07 Å². The van der Waals surface area contributed by atoms with E-state index in [4.69, 9.17) is 10.1 Å². The van der Waals surface area contributed by atoms with Crippen molar-refractivity contribution >= 4 is 34.1 Å². The van der Waals surface area contributed by atoms with E-state index < -0.39 is 0 Å². The lowest BCUT2D eigenvalue weighted by atomic mass is 9.95. The first-order valence-electron chi connectivity index (χ1n) is 5.98. The number of rotatable bonds is 6. The number of hydrogen-bond donors (Lipinski definition) is 2. The van der Waals surface area contributed by atoms with E-state index in [1.807, 2.05) is 13.1 Å². The molecule has 1 heterocycles. The van der Waals surface area contributed by atoms with Crippen LogP contribution in [0.25, 0.3) is 0 Å². The number of pyridine rings is 1. The zero-order chi connectivity index (χ0) is 13.7. The first-order valence-corrected chi connectivity index (χ1v) is 7.50. The molecule has 1 rings (SSSR count). The smallest absolute Gasteiger partial charge is 0.215 e. The summed E-state index contributed by atoms with van der Waals surface area (Å²) in [6, 6.07) is 1.95. The zero-order valence-electron chi connectivity index (χ0n) is 11.3. The molecular weight excluding hydrogens is 341 g/mol. The fourth-order valence-electron chi connectivity index (χ4n) is 1.79. The van der Waals surface area contributed by atoms with Crippen LogP contribution in [0.4, 0.5) is 5.82 Å². The van der Waals surface area contributed by atoms with Crippen LogP contribution in [0.5, 0.6) is 5.88 Å². The van der Waals surface area contributed by atoms with Crippen LogP contribution in [0.2, 0.25) is 0 Å². The normalized spacial score (nSPS) is 10.6. The van der Waals surface area contributed by atoms with Crippen molar-refractivity contribution in [1.29, 1.82) is 5.41 Å². The van der Waals surface area contributed by atoms with E-state index >= 15 is 0 Å². The number of alkyl halides is 1. The van der Waals surface area contributed by atoms with Crippen molar-refractivity contribution in [3.8, 4) is 5.88 Å². The van der Waals surface area contributed by atoms with E-state index in [1.54, 1.807) is 6.92 Å². The molecule has 0 saturated carbocycles. The molecule has 0 atom stereocenters. The van der Waals surface area contributed by atoms with E-state index in [1.165, 1.54) is 0 Å². The Hall–Kier alpha value is -0.850. The SMILES string of the molecule is CNc1nc(OCCI)cc(C(C)C)c1C(C)=N. The van der Waals surface area contributed by atoms with Gasteiger partial charge in [-0.25, -0.2) is 0 Å². The molecule has 0 aliphatic rings. The van der Waals surface area contributed by atoms with E-state index in [2.05, 4.69) is 46.7 Å². The van der Waals surface area contributed by atoms with Crippen LogP contribution < -0.4 is 10.1 Å². The van der Waals surface area contributed by atoms with E-state index in [0.29, 0.717) is 24.1 Å². The number of hydrogen-bond acceptors (Lipinski definition) is 4. The molecule has 100 valence electrons. The summed E-state index contributed by atoms with van der Waals surface area (Å²) in [7, 11) is 1.82. The first-order chi connectivity index (χ1) is 8.51. The molecule has 1 aromatic rings. The Morgan fingerprint density at radius 1 is 1.56 bits per heavy atom. The summed E-state index contributed by atoms with van der Waals surface area (Å²) < 4.78 is 6.52. The fraction of sp³-hybridized carbons (Fsp3) is 0.538. The highest BCUT2D eigenvalue weighted by Gasteiger charge is 2.16. The second-order valence-electron chi connectivity index (χ2n) is 4.34. The number of aromatic nitrogens is 1. The van der Waals surface area contributed by atoms with Gasteiger partial charge in [0.25, 0.3) is 0 Å². The molecule has 2 N–H and O–H groups in total. The first kappa shape index (κ1) is 15.2. The highest BCUT2D eigenvalue weighted by molar-refractivity contribution is 14.1. The summed E-state index contributed by atoms with van der Waals surface area (Å²) in [5, 5.41) is 11.0. The van der Waals surface area contributed by atoms with E-state index in [-0.39, 0.29) is 0 Å². The van der Waals surface area contributed by atoms with Crippen LogP contribution in [0.1, 0.15) is 37.8 Å².